The average Bonchev–Trinajstić information content (AvgIpc) is 3.20. The molecule has 0 fully saturated rings. The predicted molar refractivity (Wildman–Crippen MR) is 143 cm³/mol. The van der Waals surface area contributed by atoms with Gasteiger partial charge < -0.3 is 9.64 Å². The van der Waals surface area contributed by atoms with Gasteiger partial charge in [-0.2, -0.15) is 31.1 Å². The van der Waals surface area contributed by atoms with Gasteiger partial charge in [0.05, 0.1) is 34.9 Å². The molecule has 4 rings (SSSR count). The molecule has 0 bridgehead atoms. The van der Waals surface area contributed by atoms with Crippen molar-refractivity contribution in [3.8, 4) is 0 Å². The van der Waals surface area contributed by atoms with Crippen molar-refractivity contribution >= 4 is 29.3 Å². The molecule has 0 unspecified atom stereocenters. The molecular formula is C27H28ClF7N6O2. The highest BCUT2D eigenvalue weighted by atomic mass is 35.5. The van der Waals surface area contributed by atoms with Crippen LogP contribution in [-0.4, -0.2) is 38.4 Å². The number of hydrogen-bond donors (Lipinski definition) is 0. The number of fused-ring (bicyclic) bond motifs is 1. The summed E-state index contributed by atoms with van der Waals surface area (Å²) in [5, 5.41) is 11.1. The summed E-state index contributed by atoms with van der Waals surface area (Å²) < 4.78 is 104. The standard InChI is InChI=1S/C27H28ClF7N6O2/c1-14-9-17-20(7-6-8-40(24(42)43-25(2,3)4)21(17)12-18(14)27(33,34)35)41(23-36-38-39(5)37-23)13-15-10-16(26(30,31)32)11-19(28)22(15)29/h9-12,20H,6-8,13H2,1-5H3/t20-/m0/s1. The number of anilines is 2. The van der Waals surface area contributed by atoms with Gasteiger partial charge in [-0.3, -0.25) is 4.90 Å². The van der Waals surface area contributed by atoms with E-state index in [0.717, 1.165) is 15.8 Å². The Kier molecular flexibility index (Phi) is 8.61. The van der Waals surface area contributed by atoms with Crippen molar-refractivity contribution in [2.24, 2.45) is 7.05 Å². The number of benzene rings is 2. The molecule has 234 valence electrons. The maximum atomic E-state index is 15.2. The Morgan fingerprint density at radius 3 is 2.33 bits per heavy atom. The van der Waals surface area contributed by atoms with Gasteiger partial charge in [-0.05, 0) is 75.1 Å². The number of alkyl halides is 6. The van der Waals surface area contributed by atoms with Crippen molar-refractivity contribution in [1.82, 2.24) is 20.2 Å². The molecule has 0 aliphatic carbocycles. The molecule has 0 radical (unpaired) electrons. The Morgan fingerprint density at radius 2 is 1.77 bits per heavy atom. The molecule has 0 spiro atoms. The predicted octanol–water partition coefficient (Wildman–Crippen LogP) is 7.63. The Morgan fingerprint density at radius 1 is 1.09 bits per heavy atom. The number of aromatic nitrogens is 4. The van der Waals surface area contributed by atoms with Crippen LogP contribution in [0.4, 0.5) is 47.2 Å². The first-order chi connectivity index (χ1) is 19.8. The zero-order chi connectivity index (χ0) is 32.1. The summed E-state index contributed by atoms with van der Waals surface area (Å²) in [4.78, 5) is 16.7. The minimum absolute atomic E-state index is 0.0374. The average molecular weight is 637 g/mol. The number of aryl methyl sites for hydroxylation is 2. The van der Waals surface area contributed by atoms with Gasteiger partial charge in [0, 0.05) is 18.7 Å². The summed E-state index contributed by atoms with van der Waals surface area (Å²) in [7, 11) is 1.43. The summed E-state index contributed by atoms with van der Waals surface area (Å²) in [5.41, 5.74) is -3.67. The molecule has 2 aromatic carbocycles. The molecule has 1 aromatic heterocycles. The number of nitrogens with zero attached hydrogens (tertiary/aromatic N) is 6. The first kappa shape index (κ1) is 32.3. The van der Waals surface area contributed by atoms with Gasteiger partial charge in [0.2, 0.25) is 0 Å². The van der Waals surface area contributed by atoms with Crippen molar-refractivity contribution < 1.29 is 40.3 Å². The van der Waals surface area contributed by atoms with E-state index in [4.69, 9.17) is 16.3 Å². The number of halogens is 8. The molecule has 0 N–H and O–H groups in total. The van der Waals surface area contributed by atoms with E-state index in [2.05, 4.69) is 15.4 Å². The number of amides is 1. The summed E-state index contributed by atoms with van der Waals surface area (Å²) in [6, 6.07) is 2.24. The molecule has 1 aliphatic rings. The molecule has 0 saturated heterocycles. The van der Waals surface area contributed by atoms with Gasteiger partial charge in [-0.15, -0.1) is 5.10 Å². The van der Waals surface area contributed by atoms with Crippen LogP contribution in [0.25, 0.3) is 0 Å². The van der Waals surface area contributed by atoms with Crippen LogP contribution in [0.2, 0.25) is 5.02 Å². The smallest absolute Gasteiger partial charge is 0.416 e. The van der Waals surface area contributed by atoms with Crippen LogP contribution < -0.4 is 9.80 Å². The van der Waals surface area contributed by atoms with Crippen LogP contribution in [0.1, 0.15) is 67.5 Å². The topological polar surface area (TPSA) is 76.4 Å². The van der Waals surface area contributed by atoms with Crippen LogP contribution in [-0.2, 0) is 30.7 Å². The quantitative estimate of drug-likeness (QED) is 0.274. The van der Waals surface area contributed by atoms with Crippen molar-refractivity contribution in [2.45, 2.75) is 71.1 Å². The molecule has 0 saturated carbocycles. The minimum Gasteiger partial charge on any atom is -0.443 e. The van der Waals surface area contributed by atoms with E-state index >= 15 is 4.39 Å². The lowest BCUT2D eigenvalue weighted by Crippen LogP contribution is -2.37. The normalized spacial score (nSPS) is 16.1. The van der Waals surface area contributed by atoms with E-state index in [-0.39, 0.29) is 42.1 Å². The molecule has 1 amide bonds. The number of ether oxygens (including phenoxy) is 1. The Balaban J connectivity index is 1.92. The summed E-state index contributed by atoms with van der Waals surface area (Å²) >= 11 is 5.83. The highest BCUT2D eigenvalue weighted by Gasteiger charge is 2.39. The Hall–Kier alpha value is -3.62. The zero-order valence-electron chi connectivity index (χ0n) is 23.7. The zero-order valence-corrected chi connectivity index (χ0v) is 24.5. The van der Waals surface area contributed by atoms with Crippen LogP contribution in [0.5, 0.6) is 0 Å². The third-order valence-corrected chi connectivity index (χ3v) is 6.98. The second-order valence-electron chi connectivity index (χ2n) is 11.1. The van der Waals surface area contributed by atoms with Crippen LogP contribution in [0.15, 0.2) is 24.3 Å². The van der Waals surface area contributed by atoms with E-state index in [0.29, 0.717) is 12.1 Å². The lowest BCUT2D eigenvalue weighted by molar-refractivity contribution is -0.138. The lowest BCUT2D eigenvalue weighted by atomic mass is 9.94. The minimum atomic E-state index is -4.84. The maximum Gasteiger partial charge on any atom is 0.416 e. The molecule has 2 heterocycles. The number of hydrogen-bond acceptors (Lipinski definition) is 6. The molecule has 8 nitrogen and oxygen atoms in total. The summed E-state index contributed by atoms with van der Waals surface area (Å²) in [6.45, 7) is 5.49. The Bertz CT molecular complexity index is 1520. The summed E-state index contributed by atoms with van der Waals surface area (Å²) in [5.74, 6) is -1.24. The Labute approximate surface area is 247 Å². The van der Waals surface area contributed by atoms with Crippen molar-refractivity contribution in [3.05, 3.63) is 62.9 Å². The molecule has 43 heavy (non-hydrogen) atoms. The molecule has 16 heteroatoms. The van der Waals surface area contributed by atoms with Gasteiger partial charge in [0.25, 0.3) is 5.95 Å². The van der Waals surface area contributed by atoms with Crippen LogP contribution in [0.3, 0.4) is 0 Å². The third kappa shape index (κ3) is 7.13. The second-order valence-corrected chi connectivity index (χ2v) is 11.6. The largest absolute Gasteiger partial charge is 0.443 e. The van der Waals surface area contributed by atoms with Crippen molar-refractivity contribution in [2.75, 3.05) is 16.3 Å². The molecule has 1 atom stereocenters. The van der Waals surface area contributed by atoms with E-state index in [1.165, 1.54) is 24.9 Å². The van der Waals surface area contributed by atoms with Gasteiger partial charge in [0.1, 0.15) is 11.4 Å². The van der Waals surface area contributed by atoms with Gasteiger partial charge >= 0.3 is 18.4 Å². The fourth-order valence-electron chi connectivity index (χ4n) is 4.89. The number of carbonyl (C=O) groups excluding carboxylic acids is 1. The fourth-order valence-corrected chi connectivity index (χ4v) is 5.13. The number of rotatable bonds is 4. The highest BCUT2D eigenvalue weighted by Crippen LogP contribution is 2.44. The first-order valence-electron chi connectivity index (χ1n) is 13.0. The third-order valence-electron chi connectivity index (χ3n) is 6.70. The SMILES string of the molecule is Cc1cc2c(cc1C(F)(F)F)N(C(=O)OC(C)(C)C)CCC[C@@H]2N(Cc1cc(C(F)(F)F)cc(Cl)c1F)c1nnn(C)n1. The fraction of sp³-hybridized carbons (Fsp3) is 0.481. The summed E-state index contributed by atoms with van der Waals surface area (Å²) in [6.07, 6.45) is -10.1. The second kappa shape index (κ2) is 11.5. The van der Waals surface area contributed by atoms with Crippen LogP contribution in [0, 0.1) is 12.7 Å². The lowest BCUT2D eigenvalue weighted by Gasteiger charge is -2.33. The molecular weight excluding hydrogens is 609 g/mol. The van der Waals surface area contributed by atoms with Gasteiger partial charge in [-0.1, -0.05) is 22.8 Å². The highest BCUT2D eigenvalue weighted by molar-refractivity contribution is 6.30. The maximum absolute atomic E-state index is 15.2. The van der Waals surface area contributed by atoms with Crippen molar-refractivity contribution in [1.29, 1.82) is 0 Å². The monoisotopic (exact) mass is 636 g/mol. The molecule has 3 aromatic rings. The first-order valence-corrected chi connectivity index (χ1v) is 13.4. The van der Waals surface area contributed by atoms with E-state index < -0.39 is 64.2 Å². The van der Waals surface area contributed by atoms with E-state index in [1.54, 1.807) is 20.8 Å². The van der Waals surface area contributed by atoms with E-state index in [1.807, 2.05) is 0 Å². The van der Waals surface area contributed by atoms with Crippen LogP contribution >= 0.6 is 11.6 Å². The van der Waals surface area contributed by atoms with E-state index in [9.17, 15) is 31.1 Å². The van der Waals surface area contributed by atoms with Gasteiger partial charge in [-0.25, -0.2) is 9.18 Å². The van der Waals surface area contributed by atoms with Crippen molar-refractivity contribution in [3.63, 3.8) is 0 Å². The number of tetrazole rings is 1. The van der Waals surface area contributed by atoms with Gasteiger partial charge in [0.15, 0.2) is 0 Å². The number of carbonyl (C=O) groups is 1. The molecule has 1 aliphatic heterocycles.